The average Bonchev–Trinajstić information content (AvgIpc) is 2.36. The van der Waals surface area contributed by atoms with E-state index < -0.39 is 5.97 Å². The summed E-state index contributed by atoms with van der Waals surface area (Å²) >= 11 is 11.4. The van der Waals surface area contributed by atoms with E-state index in [1.165, 1.54) is 12.1 Å². The molecule has 6 heteroatoms. The van der Waals surface area contributed by atoms with Crippen molar-refractivity contribution in [2.24, 2.45) is 0 Å². The van der Waals surface area contributed by atoms with E-state index in [0.29, 0.717) is 5.56 Å². The number of carbonyl (C=O) groups is 1. The number of aromatic nitrogens is 1. The number of nitrogens with zero attached hydrogens (tertiary/aromatic N) is 1. The van der Waals surface area contributed by atoms with Crippen LogP contribution in [0.15, 0.2) is 12.1 Å². The zero-order valence-corrected chi connectivity index (χ0v) is 11.2. The maximum absolute atomic E-state index is 11.8. The second kappa shape index (κ2) is 6.36. The lowest BCUT2D eigenvalue weighted by Gasteiger charge is -2.22. The Labute approximate surface area is 115 Å². The Morgan fingerprint density at radius 1 is 1.39 bits per heavy atom. The third kappa shape index (κ3) is 3.83. The largest absolute Gasteiger partial charge is 0.459 e. The van der Waals surface area contributed by atoms with Crippen molar-refractivity contribution in [2.75, 3.05) is 13.2 Å². The Morgan fingerprint density at radius 2 is 2.11 bits per heavy atom. The number of carbonyl (C=O) groups excluding carboxylic acids is 1. The molecule has 1 atom stereocenters. The molecule has 0 saturated carbocycles. The van der Waals surface area contributed by atoms with Gasteiger partial charge in [0.1, 0.15) is 16.9 Å². The van der Waals surface area contributed by atoms with Gasteiger partial charge in [0.25, 0.3) is 0 Å². The molecule has 0 N–H and O–H groups in total. The third-order valence-electron chi connectivity index (χ3n) is 2.67. The zero-order chi connectivity index (χ0) is 13.0. The lowest BCUT2D eigenvalue weighted by atomic mass is 10.1. The fourth-order valence-electron chi connectivity index (χ4n) is 1.77. The first-order valence-corrected chi connectivity index (χ1v) is 6.52. The Bertz CT molecular complexity index is 413. The van der Waals surface area contributed by atoms with Crippen molar-refractivity contribution in [1.82, 2.24) is 4.98 Å². The summed E-state index contributed by atoms with van der Waals surface area (Å²) in [6, 6.07) is 2.86. The van der Waals surface area contributed by atoms with Crippen molar-refractivity contribution in [2.45, 2.75) is 25.4 Å². The summed E-state index contributed by atoms with van der Waals surface area (Å²) in [5, 5.41) is 0.340. The van der Waals surface area contributed by atoms with Gasteiger partial charge in [0.05, 0.1) is 11.7 Å². The molecule has 0 aliphatic carbocycles. The molecule has 1 saturated heterocycles. The summed E-state index contributed by atoms with van der Waals surface area (Å²) < 4.78 is 10.6. The van der Waals surface area contributed by atoms with E-state index in [2.05, 4.69) is 4.98 Å². The Morgan fingerprint density at radius 3 is 2.72 bits per heavy atom. The van der Waals surface area contributed by atoms with Gasteiger partial charge in [0.15, 0.2) is 0 Å². The predicted octanol–water partition coefficient (Wildman–Crippen LogP) is 3.11. The maximum Gasteiger partial charge on any atom is 0.338 e. The zero-order valence-electron chi connectivity index (χ0n) is 9.70. The summed E-state index contributed by atoms with van der Waals surface area (Å²) in [5.41, 5.74) is 0.302. The molecule has 1 aliphatic rings. The Kier molecular flexibility index (Phi) is 4.80. The van der Waals surface area contributed by atoms with Gasteiger partial charge in [-0.1, -0.05) is 23.2 Å². The summed E-state index contributed by atoms with van der Waals surface area (Å²) in [5.74, 6) is -0.463. The van der Waals surface area contributed by atoms with Gasteiger partial charge in [-0.25, -0.2) is 9.78 Å². The number of pyridine rings is 1. The van der Waals surface area contributed by atoms with Gasteiger partial charge >= 0.3 is 5.97 Å². The van der Waals surface area contributed by atoms with Gasteiger partial charge < -0.3 is 9.47 Å². The first-order valence-electron chi connectivity index (χ1n) is 5.77. The van der Waals surface area contributed by atoms with Crippen LogP contribution in [0.3, 0.4) is 0 Å². The van der Waals surface area contributed by atoms with E-state index in [0.717, 1.165) is 25.9 Å². The molecule has 1 aliphatic heterocycles. The van der Waals surface area contributed by atoms with Gasteiger partial charge in [-0.2, -0.15) is 0 Å². The van der Waals surface area contributed by atoms with E-state index >= 15 is 0 Å². The van der Waals surface area contributed by atoms with Crippen molar-refractivity contribution < 1.29 is 14.3 Å². The smallest absolute Gasteiger partial charge is 0.338 e. The first kappa shape index (κ1) is 13.6. The number of hydrogen-bond acceptors (Lipinski definition) is 4. The van der Waals surface area contributed by atoms with E-state index in [1.54, 1.807) is 0 Å². The summed E-state index contributed by atoms with van der Waals surface area (Å²) in [6.07, 6.45) is 3.09. The summed E-state index contributed by atoms with van der Waals surface area (Å²) in [6.45, 7) is 0.992. The lowest BCUT2D eigenvalue weighted by molar-refractivity contribution is -0.0300. The monoisotopic (exact) mass is 289 g/mol. The van der Waals surface area contributed by atoms with Crippen LogP contribution in [0, 0.1) is 0 Å². The topological polar surface area (TPSA) is 48.4 Å². The van der Waals surface area contributed by atoms with Crippen molar-refractivity contribution >= 4 is 29.2 Å². The van der Waals surface area contributed by atoms with Crippen LogP contribution < -0.4 is 0 Å². The molecule has 0 amide bonds. The standard InChI is InChI=1S/C12H13Cl2NO3/c13-10-5-8(6-11(14)15-10)12(16)18-7-9-3-1-2-4-17-9/h5-6,9H,1-4,7H2. The van der Waals surface area contributed by atoms with Crippen LogP contribution in [-0.2, 0) is 9.47 Å². The molecule has 2 rings (SSSR count). The molecule has 18 heavy (non-hydrogen) atoms. The van der Waals surface area contributed by atoms with Gasteiger partial charge in [-0.15, -0.1) is 0 Å². The molecule has 98 valence electrons. The molecule has 2 heterocycles. The van der Waals surface area contributed by atoms with E-state index in [9.17, 15) is 4.79 Å². The fourth-order valence-corrected chi connectivity index (χ4v) is 2.23. The molecule has 1 aromatic rings. The van der Waals surface area contributed by atoms with Crippen molar-refractivity contribution in [3.8, 4) is 0 Å². The van der Waals surface area contributed by atoms with Crippen LogP contribution in [0.1, 0.15) is 29.6 Å². The molecule has 4 nitrogen and oxygen atoms in total. The van der Waals surface area contributed by atoms with Crippen molar-refractivity contribution in [3.63, 3.8) is 0 Å². The Balaban J connectivity index is 1.90. The lowest BCUT2D eigenvalue weighted by Crippen LogP contribution is -2.25. The number of ether oxygens (including phenoxy) is 2. The van der Waals surface area contributed by atoms with Crippen molar-refractivity contribution in [1.29, 1.82) is 0 Å². The molecule has 1 unspecified atom stereocenters. The van der Waals surface area contributed by atoms with Gasteiger partial charge in [-0.3, -0.25) is 0 Å². The van der Waals surface area contributed by atoms with Gasteiger partial charge in [0.2, 0.25) is 0 Å². The molecular formula is C12H13Cl2NO3. The summed E-state index contributed by atoms with van der Waals surface area (Å²) in [7, 11) is 0. The second-order valence-electron chi connectivity index (χ2n) is 4.09. The number of rotatable bonds is 3. The second-order valence-corrected chi connectivity index (χ2v) is 4.86. The summed E-state index contributed by atoms with van der Waals surface area (Å²) in [4.78, 5) is 15.5. The first-order chi connectivity index (χ1) is 8.65. The number of esters is 1. The number of halogens is 2. The predicted molar refractivity (Wildman–Crippen MR) is 68.1 cm³/mol. The van der Waals surface area contributed by atoms with E-state index in [1.807, 2.05) is 0 Å². The molecule has 0 bridgehead atoms. The third-order valence-corrected chi connectivity index (χ3v) is 3.06. The maximum atomic E-state index is 11.8. The van der Waals surface area contributed by atoms with Crippen LogP contribution >= 0.6 is 23.2 Å². The highest BCUT2D eigenvalue weighted by atomic mass is 35.5. The van der Waals surface area contributed by atoms with Crippen LogP contribution in [0.4, 0.5) is 0 Å². The quantitative estimate of drug-likeness (QED) is 0.634. The van der Waals surface area contributed by atoms with Crippen molar-refractivity contribution in [3.05, 3.63) is 28.0 Å². The highest BCUT2D eigenvalue weighted by Crippen LogP contribution is 2.17. The van der Waals surface area contributed by atoms with E-state index in [4.69, 9.17) is 32.7 Å². The minimum atomic E-state index is -0.463. The molecule has 0 spiro atoms. The van der Waals surface area contributed by atoms with Crippen LogP contribution in [0.2, 0.25) is 10.3 Å². The molecular weight excluding hydrogens is 277 g/mol. The SMILES string of the molecule is O=C(OCC1CCCCO1)c1cc(Cl)nc(Cl)c1. The molecule has 1 aromatic heterocycles. The Hall–Kier alpha value is -0.840. The van der Waals surface area contributed by atoms with Crippen LogP contribution in [0.25, 0.3) is 0 Å². The molecule has 1 fully saturated rings. The highest BCUT2D eigenvalue weighted by Gasteiger charge is 2.17. The van der Waals surface area contributed by atoms with Crippen LogP contribution in [-0.4, -0.2) is 30.3 Å². The molecule has 0 radical (unpaired) electrons. The van der Waals surface area contributed by atoms with E-state index in [-0.39, 0.29) is 23.0 Å². The molecule has 0 aromatic carbocycles. The van der Waals surface area contributed by atoms with Gasteiger partial charge in [0, 0.05) is 6.61 Å². The van der Waals surface area contributed by atoms with Crippen LogP contribution in [0.5, 0.6) is 0 Å². The fraction of sp³-hybridized carbons (Fsp3) is 0.500. The minimum Gasteiger partial charge on any atom is -0.459 e. The highest BCUT2D eigenvalue weighted by molar-refractivity contribution is 6.32. The number of hydrogen-bond donors (Lipinski definition) is 0. The normalized spacial score (nSPS) is 19.6. The van der Waals surface area contributed by atoms with Gasteiger partial charge in [-0.05, 0) is 31.4 Å². The minimum absolute atomic E-state index is 0.00418. The average molecular weight is 290 g/mol.